The Hall–Kier alpha value is -2.68. The largest absolute Gasteiger partial charge is 0.484 e. The van der Waals surface area contributed by atoms with Gasteiger partial charge >= 0.3 is 0 Å². The van der Waals surface area contributed by atoms with Crippen LogP contribution in [0, 0.1) is 29.4 Å². The first kappa shape index (κ1) is 20.9. The highest BCUT2D eigenvalue weighted by molar-refractivity contribution is 6.03. The van der Waals surface area contributed by atoms with Gasteiger partial charge in [0.05, 0.1) is 12.2 Å². The van der Waals surface area contributed by atoms with Crippen LogP contribution >= 0.6 is 0 Å². The van der Waals surface area contributed by atoms with Crippen LogP contribution in [0.1, 0.15) is 48.9 Å². The summed E-state index contributed by atoms with van der Waals surface area (Å²) in [6, 6.07) is 2.54. The van der Waals surface area contributed by atoms with E-state index in [1.807, 2.05) is 11.8 Å². The predicted molar refractivity (Wildman–Crippen MR) is 115 cm³/mol. The summed E-state index contributed by atoms with van der Waals surface area (Å²) in [6.07, 6.45) is 4.39. The van der Waals surface area contributed by atoms with Crippen LogP contribution < -0.4 is 15.0 Å². The fraction of sp³-hybridized carbons (Fsp3) is 0.583. The molecule has 0 bridgehead atoms. The van der Waals surface area contributed by atoms with Gasteiger partial charge in [-0.3, -0.25) is 4.79 Å². The minimum Gasteiger partial charge on any atom is -0.484 e. The molecule has 2 saturated heterocycles. The van der Waals surface area contributed by atoms with Crippen LogP contribution in [0.2, 0.25) is 0 Å². The van der Waals surface area contributed by atoms with Gasteiger partial charge in [-0.15, -0.1) is 0 Å². The van der Waals surface area contributed by atoms with E-state index in [9.17, 15) is 13.6 Å². The van der Waals surface area contributed by atoms with Crippen molar-refractivity contribution in [3.63, 3.8) is 0 Å². The molecule has 0 radical (unpaired) electrons. The normalized spacial score (nSPS) is 29.8. The summed E-state index contributed by atoms with van der Waals surface area (Å²) in [6.45, 7) is 4.09. The molecule has 1 amide bonds. The zero-order valence-electron chi connectivity index (χ0n) is 18.5. The van der Waals surface area contributed by atoms with E-state index in [4.69, 9.17) is 13.9 Å². The summed E-state index contributed by atoms with van der Waals surface area (Å²) < 4.78 is 46.4. The molecule has 7 nitrogen and oxygen atoms in total. The van der Waals surface area contributed by atoms with Gasteiger partial charge in [-0.2, -0.15) is 4.98 Å². The Balaban J connectivity index is 1.16. The van der Waals surface area contributed by atoms with Crippen molar-refractivity contribution in [3.8, 4) is 5.75 Å². The number of rotatable bonds is 6. The van der Waals surface area contributed by atoms with Crippen molar-refractivity contribution in [2.75, 3.05) is 29.9 Å². The summed E-state index contributed by atoms with van der Waals surface area (Å²) in [5.41, 5.74) is 0.129. The molecule has 2 saturated carbocycles. The second-order valence-electron chi connectivity index (χ2n) is 9.68. The van der Waals surface area contributed by atoms with Gasteiger partial charge in [0.1, 0.15) is 5.76 Å². The second kappa shape index (κ2) is 7.97. The molecule has 4 fully saturated rings. The Morgan fingerprint density at radius 3 is 2.64 bits per heavy atom. The molecule has 5 atom stereocenters. The monoisotopic (exact) mass is 459 g/mol. The van der Waals surface area contributed by atoms with Gasteiger partial charge in [0.25, 0.3) is 11.9 Å². The lowest BCUT2D eigenvalue weighted by molar-refractivity contribution is 0.102. The molecule has 1 aromatic heterocycles. The van der Waals surface area contributed by atoms with E-state index in [2.05, 4.69) is 10.3 Å². The van der Waals surface area contributed by atoms with Crippen LogP contribution in [0.5, 0.6) is 5.75 Å². The average Bonchev–Trinajstić information content (AvgIpc) is 3.25. The van der Waals surface area contributed by atoms with Gasteiger partial charge in [-0.05, 0) is 37.5 Å². The molecule has 1 N–H and O–H groups in total. The number of anilines is 2. The van der Waals surface area contributed by atoms with Crippen molar-refractivity contribution in [2.45, 2.75) is 51.2 Å². The number of aryl methyl sites for hydroxylation is 1. The molecule has 6 rings (SSSR count). The molecule has 3 heterocycles. The van der Waals surface area contributed by atoms with Gasteiger partial charge in [-0.1, -0.05) is 6.92 Å². The highest BCUT2D eigenvalue weighted by Gasteiger charge is 2.47. The Labute approximate surface area is 190 Å². The molecular formula is C24H27F2N3O4. The Morgan fingerprint density at radius 2 is 1.94 bits per heavy atom. The first-order chi connectivity index (χ1) is 16.0. The van der Waals surface area contributed by atoms with Crippen LogP contribution in [0.15, 0.2) is 16.5 Å². The van der Waals surface area contributed by atoms with Crippen LogP contribution in [0.3, 0.4) is 0 Å². The quantitative estimate of drug-likeness (QED) is 0.699. The summed E-state index contributed by atoms with van der Waals surface area (Å²) in [7, 11) is 0. The summed E-state index contributed by atoms with van der Waals surface area (Å²) in [5, 5.41) is 2.55. The average molecular weight is 459 g/mol. The SMILES string of the molecule is CCc1oc(N2CC3CCOC3C2)nc1C(=O)Nc1cc(F)c(OC2CC3C[C@@H]3C2)c(F)c1. The molecule has 4 aliphatic rings. The lowest BCUT2D eigenvalue weighted by Crippen LogP contribution is -2.23. The Kier molecular flexibility index (Phi) is 5.05. The number of nitrogens with one attached hydrogen (secondary N) is 1. The second-order valence-corrected chi connectivity index (χ2v) is 9.68. The minimum atomic E-state index is -0.828. The number of nitrogens with zero attached hydrogens (tertiary/aromatic N) is 2. The number of ether oxygens (including phenoxy) is 2. The number of carbonyl (C=O) groups is 1. The van der Waals surface area contributed by atoms with E-state index in [0.717, 1.165) is 44.5 Å². The molecule has 1 aromatic carbocycles. The number of amides is 1. The fourth-order valence-electron chi connectivity index (χ4n) is 5.58. The fourth-order valence-corrected chi connectivity index (χ4v) is 5.58. The Bertz CT molecular complexity index is 1040. The van der Waals surface area contributed by atoms with Crippen molar-refractivity contribution in [1.82, 2.24) is 4.98 Å². The number of oxazole rings is 1. The van der Waals surface area contributed by atoms with Crippen LogP contribution in [0.4, 0.5) is 20.5 Å². The number of carbonyl (C=O) groups excluding carboxylic acids is 1. The first-order valence-electron chi connectivity index (χ1n) is 11.8. The molecule has 0 spiro atoms. The minimum absolute atomic E-state index is 0.00678. The maximum absolute atomic E-state index is 14.6. The Morgan fingerprint density at radius 1 is 1.18 bits per heavy atom. The molecule has 33 heavy (non-hydrogen) atoms. The smallest absolute Gasteiger partial charge is 0.298 e. The number of fused-ring (bicyclic) bond motifs is 2. The van der Waals surface area contributed by atoms with E-state index in [1.54, 1.807) is 0 Å². The molecule has 2 aromatic rings. The summed E-state index contributed by atoms with van der Waals surface area (Å²) >= 11 is 0. The number of benzene rings is 1. The van der Waals surface area contributed by atoms with Crippen molar-refractivity contribution in [1.29, 1.82) is 0 Å². The van der Waals surface area contributed by atoms with Crippen LogP contribution in [0.25, 0.3) is 0 Å². The lowest BCUT2D eigenvalue weighted by Gasteiger charge is -2.17. The van der Waals surface area contributed by atoms with Crippen molar-refractivity contribution in [2.24, 2.45) is 17.8 Å². The lowest BCUT2D eigenvalue weighted by atomic mass is 10.1. The number of hydrogen-bond acceptors (Lipinski definition) is 6. The van der Waals surface area contributed by atoms with Crippen molar-refractivity contribution in [3.05, 3.63) is 35.2 Å². The topological polar surface area (TPSA) is 76.8 Å². The van der Waals surface area contributed by atoms with Crippen molar-refractivity contribution >= 4 is 17.6 Å². The zero-order chi connectivity index (χ0) is 22.7. The molecular weight excluding hydrogens is 432 g/mol. The van der Waals surface area contributed by atoms with Gasteiger partial charge in [0.15, 0.2) is 23.1 Å². The van der Waals surface area contributed by atoms with E-state index < -0.39 is 17.5 Å². The summed E-state index contributed by atoms with van der Waals surface area (Å²) in [4.78, 5) is 19.3. The molecule has 4 unspecified atom stereocenters. The van der Waals surface area contributed by atoms with E-state index in [1.165, 1.54) is 6.42 Å². The number of hydrogen-bond donors (Lipinski definition) is 1. The highest BCUT2D eigenvalue weighted by Crippen LogP contribution is 2.52. The van der Waals surface area contributed by atoms with E-state index in [0.29, 0.717) is 42.5 Å². The number of aromatic nitrogens is 1. The zero-order valence-corrected chi connectivity index (χ0v) is 18.5. The van der Waals surface area contributed by atoms with Gasteiger partial charge in [0, 0.05) is 49.9 Å². The third kappa shape index (κ3) is 3.86. The van der Waals surface area contributed by atoms with E-state index in [-0.39, 0.29) is 29.3 Å². The maximum Gasteiger partial charge on any atom is 0.298 e. The highest BCUT2D eigenvalue weighted by atomic mass is 19.1. The predicted octanol–water partition coefficient (Wildman–Crippen LogP) is 4.17. The van der Waals surface area contributed by atoms with Crippen LogP contribution in [-0.2, 0) is 11.2 Å². The third-order valence-corrected chi connectivity index (χ3v) is 7.44. The first-order valence-corrected chi connectivity index (χ1v) is 11.8. The molecule has 9 heteroatoms. The molecule has 2 aliphatic carbocycles. The van der Waals surface area contributed by atoms with Gasteiger partial charge in [-0.25, -0.2) is 8.78 Å². The molecule has 176 valence electrons. The third-order valence-electron chi connectivity index (χ3n) is 7.44. The van der Waals surface area contributed by atoms with E-state index >= 15 is 0 Å². The summed E-state index contributed by atoms with van der Waals surface area (Å²) in [5.74, 6) is -0.431. The maximum atomic E-state index is 14.6. The van der Waals surface area contributed by atoms with Crippen LogP contribution in [-0.4, -0.2) is 42.8 Å². The molecule has 2 aliphatic heterocycles. The van der Waals surface area contributed by atoms with Gasteiger partial charge in [0.2, 0.25) is 0 Å². The standard InChI is InChI=1S/C24H27F2N3O4/c1-2-19-21(28-24(33-19)29-10-12-3-4-31-20(12)11-29)23(30)27-15-8-17(25)22(18(26)9-15)32-16-6-13-5-14(13)7-16/h8-9,12-14,16,20H,2-7,10-11H2,1H3,(H,27,30)/t12?,13-,14?,16?,20?/m1/s1. The van der Waals surface area contributed by atoms with Crippen molar-refractivity contribution < 1.29 is 27.5 Å². The van der Waals surface area contributed by atoms with Gasteiger partial charge < -0.3 is 24.1 Å². The number of halogens is 2.